The highest BCUT2D eigenvalue weighted by Gasteiger charge is 2.30. The van der Waals surface area contributed by atoms with E-state index in [9.17, 15) is 18.5 Å². The van der Waals surface area contributed by atoms with Crippen molar-refractivity contribution in [2.45, 2.75) is 4.90 Å². The molecule has 1 fully saturated rings. The summed E-state index contributed by atoms with van der Waals surface area (Å²) in [6.07, 6.45) is 0. The second-order valence-corrected chi connectivity index (χ2v) is 7.68. The molecule has 2 aromatic carbocycles. The van der Waals surface area contributed by atoms with E-state index >= 15 is 0 Å². The van der Waals surface area contributed by atoms with Crippen LogP contribution in [0.1, 0.15) is 5.56 Å². The van der Waals surface area contributed by atoms with Crippen molar-refractivity contribution in [1.82, 2.24) is 4.31 Å². The fourth-order valence-electron chi connectivity index (χ4n) is 2.91. The van der Waals surface area contributed by atoms with Gasteiger partial charge in [0.2, 0.25) is 10.0 Å². The van der Waals surface area contributed by atoms with Gasteiger partial charge in [0.05, 0.1) is 15.4 Å². The van der Waals surface area contributed by atoms with Crippen LogP contribution in [-0.4, -0.2) is 43.8 Å². The number of non-ortho nitro benzene ring substituents is 1. The van der Waals surface area contributed by atoms with E-state index in [0.717, 1.165) is 0 Å². The van der Waals surface area contributed by atoms with Crippen LogP contribution in [0.3, 0.4) is 0 Å². The maximum absolute atomic E-state index is 12.8. The Morgan fingerprint density at radius 3 is 2.38 bits per heavy atom. The van der Waals surface area contributed by atoms with Crippen molar-refractivity contribution in [2.24, 2.45) is 0 Å². The molecular weight excluding hydrogens is 356 g/mol. The summed E-state index contributed by atoms with van der Waals surface area (Å²) in [6, 6.07) is 14.3. The first-order valence-corrected chi connectivity index (χ1v) is 9.36. The van der Waals surface area contributed by atoms with E-state index in [1.165, 1.54) is 28.6 Å². The average molecular weight is 372 g/mol. The first-order chi connectivity index (χ1) is 12.4. The van der Waals surface area contributed by atoms with Gasteiger partial charge in [0.1, 0.15) is 6.07 Å². The van der Waals surface area contributed by atoms with E-state index in [0.29, 0.717) is 18.8 Å². The number of nitriles is 1. The molecule has 0 saturated carbocycles. The number of hydrogen-bond acceptors (Lipinski definition) is 6. The van der Waals surface area contributed by atoms with Gasteiger partial charge in [-0.15, -0.1) is 0 Å². The van der Waals surface area contributed by atoms with Gasteiger partial charge < -0.3 is 4.90 Å². The molecule has 8 nitrogen and oxygen atoms in total. The van der Waals surface area contributed by atoms with Crippen LogP contribution >= 0.6 is 0 Å². The fraction of sp³-hybridized carbons (Fsp3) is 0.235. The topological polar surface area (TPSA) is 108 Å². The van der Waals surface area contributed by atoms with Gasteiger partial charge in [-0.2, -0.15) is 9.57 Å². The first kappa shape index (κ1) is 17.8. The number of nitro benzene ring substituents is 1. The Labute approximate surface area is 151 Å². The van der Waals surface area contributed by atoms with Gasteiger partial charge in [0.15, 0.2) is 0 Å². The van der Waals surface area contributed by atoms with Gasteiger partial charge in [-0.1, -0.05) is 18.2 Å². The largest absolute Gasteiger partial charge is 0.369 e. The van der Waals surface area contributed by atoms with Crippen molar-refractivity contribution < 1.29 is 13.3 Å². The molecule has 26 heavy (non-hydrogen) atoms. The molecule has 1 aliphatic heterocycles. The molecule has 0 atom stereocenters. The second-order valence-electron chi connectivity index (χ2n) is 5.78. The Bertz CT molecular complexity index is 976. The summed E-state index contributed by atoms with van der Waals surface area (Å²) in [5.74, 6) is 0. The van der Waals surface area contributed by atoms with Crippen molar-refractivity contribution >= 4 is 21.4 Å². The molecule has 0 amide bonds. The fourth-order valence-corrected chi connectivity index (χ4v) is 4.48. The van der Waals surface area contributed by atoms with E-state index in [4.69, 9.17) is 5.26 Å². The molecule has 134 valence electrons. The van der Waals surface area contributed by atoms with E-state index in [2.05, 4.69) is 0 Å². The van der Waals surface area contributed by atoms with Crippen LogP contribution in [0.15, 0.2) is 53.4 Å². The molecule has 0 spiro atoms. The quantitative estimate of drug-likeness (QED) is 0.600. The number of hydrogen-bond donors (Lipinski definition) is 0. The Hall–Kier alpha value is -2.96. The minimum atomic E-state index is -3.76. The van der Waals surface area contributed by atoms with Gasteiger partial charge in [-0.25, -0.2) is 8.42 Å². The van der Waals surface area contributed by atoms with Crippen molar-refractivity contribution in [3.8, 4) is 6.07 Å². The minimum absolute atomic E-state index is 0.000462. The second kappa shape index (κ2) is 7.11. The van der Waals surface area contributed by atoms with Crippen LogP contribution in [0.4, 0.5) is 11.4 Å². The smallest absolute Gasteiger partial charge is 0.271 e. The third-order valence-electron chi connectivity index (χ3n) is 4.27. The number of piperazine rings is 1. The van der Waals surface area contributed by atoms with Crippen molar-refractivity contribution in [1.29, 1.82) is 5.26 Å². The number of rotatable bonds is 4. The van der Waals surface area contributed by atoms with E-state index in [1.54, 1.807) is 24.3 Å². The molecule has 9 heteroatoms. The normalized spacial score (nSPS) is 15.4. The van der Waals surface area contributed by atoms with E-state index in [1.807, 2.05) is 11.0 Å². The minimum Gasteiger partial charge on any atom is -0.369 e. The van der Waals surface area contributed by atoms with Crippen LogP contribution in [0, 0.1) is 21.4 Å². The summed E-state index contributed by atoms with van der Waals surface area (Å²) in [5.41, 5.74) is 0.808. The molecule has 1 heterocycles. The average Bonchev–Trinajstić information content (AvgIpc) is 2.68. The zero-order chi connectivity index (χ0) is 18.7. The molecule has 1 saturated heterocycles. The zero-order valence-corrected chi connectivity index (χ0v) is 14.6. The van der Waals surface area contributed by atoms with Crippen LogP contribution in [0.2, 0.25) is 0 Å². The maximum atomic E-state index is 12.8. The van der Waals surface area contributed by atoms with Gasteiger partial charge in [-0.3, -0.25) is 10.1 Å². The Kier molecular flexibility index (Phi) is 4.88. The number of benzene rings is 2. The van der Waals surface area contributed by atoms with E-state index in [-0.39, 0.29) is 29.2 Å². The summed E-state index contributed by atoms with van der Waals surface area (Å²) in [6.45, 7) is 1.31. The predicted octanol–water partition coefficient (Wildman–Crippen LogP) is 1.98. The summed E-state index contributed by atoms with van der Waals surface area (Å²) in [5, 5.41) is 20.1. The highest BCUT2D eigenvalue weighted by molar-refractivity contribution is 7.89. The third kappa shape index (κ3) is 3.37. The summed E-state index contributed by atoms with van der Waals surface area (Å²) < 4.78 is 27.0. The molecule has 0 aliphatic carbocycles. The molecule has 3 rings (SSSR count). The first-order valence-electron chi connectivity index (χ1n) is 7.92. The lowest BCUT2D eigenvalue weighted by molar-refractivity contribution is -0.384. The molecule has 2 aromatic rings. The van der Waals surface area contributed by atoms with Gasteiger partial charge in [-0.05, 0) is 18.2 Å². The van der Waals surface area contributed by atoms with Crippen molar-refractivity contribution in [3.05, 3.63) is 64.2 Å². The third-order valence-corrected chi connectivity index (χ3v) is 6.23. The maximum Gasteiger partial charge on any atom is 0.271 e. The highest BCUT2D eigenvalue weighted by atomic mass is 32.2. The molecule has 0 unspecified atom stereocenters. The molecule has 0 radical (unpaired) electrons. The van der Waals surface area contributed by atoms with Crippen LogP contribution in [-0.2, 0) is 10.0 Å². The number of nitrogens with zero attached hydrogens (tertiary/aromatic N) is 4. The highest BCUT2D eigenvalue weighted by Crippen LogP contribution is 2.25. The van der Waals surface area contributed by atoms with Crippen molar-refractivity contribution in [3.63, 3.8) is 0 Å². The Morgan fingerprint density at radius 1 is 1.04 bits per heavy atom. The van der Waals surface area contributed by atoms with Crippen LogP contribution < -0.4 is 4.90 Å². The zero-order valence-electron chi connectivity index (χ0n) is 13.8. The molecular formula is C17H16N4O4S. The molecule has 0 N–H and O–H groups in total. The van der Waals surface area contributed by atoms with Crippen molar-refractivity contribution in [2.75, 3.05) is 31.1 Å². The van der Waals surface area contributed by atoms with Crippen LogP contribution in [0.25, 0.3) is 0 Å². The predicted molar refractivity (Wildman–Crippen MR) is 95.2 cm³/mol. The molecule has 1 aliphatic rings. The number of nitro groups is 1. The Balaban J connectivity index is 1.77. The lowest BCUT2D eigenvalue weighted by Gasteiger charge is -2.35. The number of anilines is 1. The summed E-state index contributed by atoms with van der Waals surface area (Å²) >= 11 is 0. The monoisotopic (exact) mass is 372 g/mol. The standard InChI is InChI=1S/C17H16N4O4S/c18-13-14-4-1-2-7-17(14)26(24,25)20-10-8-19(9-11-20)15-5-3-6-16(12-15)21(22)23/h1-7,12H,8-11H2. The Morgan fingerprint density at radius 2 is 1.73 bits per heavy atom. The molecule has 0 bridgehead atoms. The summed E-state index contributed by atoms with van der Waals surface area (Å²) in [7, 11) is -3.76. The SMILES string of the molecule is N#Cc1ccccc1S(=O)(=O)N1CCN(c2cccc([N+](=O)[O-])c2)CC1. The van der Waals surface area contributed by atoms with Gasteiger partial charge >= 0.3 is 0 Å². The molecule has 0 aromatic heterocycles. The summed E-state index contributed by atoms with van der Waals surface area (Å²) in [4.78, 5) is 12.4. The van der Waals surface area contributed by atoms with Gasteiger partial charge in [0, 0.05) is 44.0 Å². The lowest BCUT2D eigenvalue weighted by atomic mass is 10.2. The van der Waals surface area contributed by atoms with Crippen LogP contribution in [0.5, 0.6) is 0 Å². The lowest BCUT2D eigenvalue weighted by Crippen LogP contribution is -2.48. The van der Waals surface area contributed by atoms with E-state index < -0.39 is 14.9 Å². The van der Waals surface area contributed by atoms with Gasteiger partial charge in [0.25, 0.3) is 5.69 Å². The number of sulfonamides is 1.